The van der Waals surface area contributed by atoms with Gasteiger partial charge >= 0.3 is 0 Å². The Morgan fingerprint density at radius 1 is 1.40 bits per heavy atom. The van der Waals surface area contributed by atoms with Crippen molar-refractivity contribution in [3.8, 4) is 0 Å². The lowest BCUT2D eigenvalue weighted by Gasteiger charge is -1.87. The summed E-state index contributed by atoms with van der Waals surface area (Å²) in [5.74, 6) is 0. The molecule has 0 atom stereocenters. The van der Waals surface area contributed by atoms with E-state index in [9.17, 15) is 0 Å². The fourth-order valence-corrected chi connectivity index (χ4v) is 1.70. The van der Waals surface area contributed by atoms with Gasteiger partial charge in [0.2, 0.25) is 0 Å². The van der Waals surface area contributed by atoms with Gasteiger partial charge in [-0.05, 0) is 6.07 Å². The second-order valence-corrected chi connectivity index (χ2v) is 3.05. The van der Waals surface area contributed by atoms with Crippen molar-refractivity contribution in [3.05, 3.63) is 22.9 Å². The van der Waals surface area contributed by atoms with Crippen LogP contribution in [0.5, 0.6) is 0 Å². The Bertz CT molecular complexity index is 357. The van der Waals surface area contributed by atoms with Crippen molar-refractivity contribution in [2.45, 2.75) is 0 Å². The second-order valence-electron chi connectivity index (χ2n) is 1.80. The molecule has 0 saturated heterocycles. The first-order valence-electron chi connectivity index (χ1n) is 2.71. The first-order valence-corrected chi connectivity index (χ1v) is 3.97. The van der Waals surface area contributed by atoms with E-state index in [1.54, 1.807) is 23.0 Å². The van der Waals surface area contributed by atoms with Gasteiger partial charge < -0.3 is 0 Å². The molecule has 50 valence electrons. The maximum Gasteiger partial charge on any atom is 0.156 e. The summed E-state index contributed by atoms with van der Waals surface area (Å²) >= 11 is 7.30. The van der Waals surface area contributed by atoms with Crippen LogP contribution in [0.3, 0.4) is 0 Å². The average Bonchev–Trinajstić information content (AvgIpc) is 2.36. The molecule has 0 unspecified atom stereocenters. The summed E-state index contributed by atoms with van der Waals surface area (Å²) in [6, 6.07) is 1.90. The fraction of sp³-hybridized carbons (Fsp3) is 0. The van der Waals surface area contributed by atoms with Crippen molar-refractivity contribution in [1.29, 1.82) is 0 Å². The molecule has 0 amide bonds. The number of nitrogens with zero attached hydrogens (tertiary/aromatic N) is 2. The third-order valence-corrected chi connectivity index (χ3v) is 2.27. The second kappa shape index (κ2) is 2.18. The van der Waals surface area contributed by atoms with Gasteiger partial charge in [-0.1, -0.05) is 11.6 Å². The van der Waals surface area contributed by atoms with Crippen LogP contribution >= 0.6 is 22.9 Å². The molecule has 10 heavy (non-hydrogen) atoms. The predicted molar refractivity (Wildman–Crippen MR) is 42.4 cm³/mol. The van der Waals surface area contributed by atoms with E-state index in [2.05, 4.69) is 9.97 Å². The van der Waals surface area contributed by atoms with Gasteiger partial charge in [0.05, 0.1) is 10.2 Å². The van der Waals surface area contributed by atoms with E-state index in [4.69, 9.17) is 11.6 Å². The van der Waals surface area contributed by atoms with E-state index in [0.717, 1.165) is 10.2 Å². The van der Waals surface area contributed by atoms with Crippen LogP contribution in [-0.2, 0) is 0 Å². The zero-order valence-corrected chi connectivity index (χ0v) is 6.49. The highest BCUT2D eigenvalue weighted by Crippen LogP contribution is 2.21. The van der Waals surface area contributed by atoms with Gasteiger partial charge in [0.1, 0.15) is 5.52 Å². The summed E-state index contributed by atoms with van der Waals surface area (Å²) in [6.07, 6.45) is 1.68. The van der Waals surface area contributed by atoms with Crippen LogP contribution in [-0.4, -0.2) is 9.97 Å². The predicted octanol–water partition coefficient (Wildman–Crippen LogP) is 2.34. The van der Waals surface area contributed by atoms with E-state index in [0.29, 0.717) is 5.15 Å². The smallest absolute Gasteiger partial charge is 0.156 e. The van der Waals surface area contributed by atoms with E-state index >= 15 is 0 Å². The molecule has 0 N–H and O–H groups in total. The molecular weight excluding hydrogens is 168 g/mol. The van der Waals surface area contributed by atoms with Gasteiger partial charge in [0, 0.05) is 6.20 Å². The molecule has 0 spiro atoms. The molecule has 0 fully saturated rings. The third kappa shape index (κ3) is 0.786. The van der Waals surface area contributed by atoms with Crippen LogP contribution in [0.1, 0.15) is 0 Å². The number of thiazole rings is 1. The summed E-state index contributed by atoms with van der Waals surface area (Å²) in [6.45, 7) is 0. The summed E-state index contributed by atoms with van der Waals surface area (Å²) in [5.41, 5.74) is 2.56. The van der Waals surface area contributed by atoms with Crippen LogP contribution in [0.4, 0.5) is 0 Å². The number of halogens is 1. The lowest BCUT2D eigenvalue weighted by atomic mass is 10.5. The minimum Gasteiger partial charge on any atom is -0.242 e. The van der Waals surface area contributed by atoms with Gasteiger partial charge in [-0.2, -0.15) is 0 Å². The molecule has 4 heteroatoms. The Kier molecular flexibility index (Phi) is 1.32. The monoisotopic (exact) mass is 170 g/mol. The highest BCUT2D eigenvalue weighted by atomic mass is 35.5. The number of pyridine rings is 1. The van der Waals surface area contributed by atoms with Gasteiger partial charge in [-0.15, -0.1) is 11.3 Å². The van der Waals surface area contributed by atoms with Crippen molar-refractivity contribution in [2.24, 2.45) is 0 Å². The lowest BCUT2D eigenvalue weighted by Crippen LogP contribution is -1.73. The van der Waals surface area contributed by atoms with E-state index < -0.39 is 0 Å². The molecule has 0 radical (unpaired) electrons. The zero-order valence-electron chi connectivity index (χ0n) is 4.91. The first kappa shape index (κ1) is 6.07. The summed E-state index contributed by atoms with van der Waals surface area (Å²) in [7, 11) is 0. The van der Waals surface area contributed by atoms with Crippen LogP contribution < -0.4 is 0 Å². The number of fused-ring (bicyclic) bond motifs is 1. The SMILES string of the molecule is Clc1nccc2scnc12. The standard InChI is InChI=1S/C6H3ClN2S/c7-6-5-4(1-2-8-6)10-3-9-5/h1-3H. The number of aromatic nitrogens is 2. The van der Waals surface area contributed by atoms with Gasteiger partial charge in [0.15, 0.2) is 5.15 Å². The maximum atomic E-state index is 5.73. The third-order valence-electron chi connectivity index (χ3n) is 1.20. The molecule has 0 aromatic carbocycles. The number of hydrogen-bond acceptors (Lipinski definition) is 3. The summed E-state index contributed by atoms with van der Waals surface area (Å²) in [4.78, 5) is 7.93. The van der Waals surface area contributed by atoms with Crippen LogP contribution in [0.15, 0.2) is 17.8 Å². The van der Waals surface area contributed by atoms with Crippen LogP contribution in [0.25, 0.3) is 10.2 Å². The molecule has 2 rings (SSSR count). The van der Waals surface area contributed by atoms with Crippen molar-refractivity contribution in [2.75, 3.05) is 0 Å². The molecule has 0 saturated carbocycles. The highest BCUT2D eigenvalue weighted by Gasteiger charge is 1.99. The normalized spacial score (nSPS) is 10.5. The molecule has 2 nitrogen and oxygen atoms in total. The number of rotatable bonds is 0. The largest absolute Gasteiger partial charge is 0.242 e. The van der Waals surface area contributed by atoms with Crippen molar-refractivity contribution >= 4 is 33.2 Å². The van der Waals surface area contributed by atoms with Crippen LogP contribution in [0, 0.1) is 0 Å². The van der Waals surface area contributed by atoms with E-state index in [1.807, 2.05) is 6.07 Å². The van der Waals surface area contributed by atoms with Gasteiger partial charge in [-0.3, -0.25) is 0 Å². The van der Waals surface area contributed by atoms with E-state index in [1.165, 1.54) is 0 Å². The Morgan fingerprint density at radius 3 is 3.10 bits per heavy atom. The van der Waals surface area contributed by atoms with Gasteiger partial charge in [0.25, 0.3) is 0 Å². The fourth-order valence-electron chi connectivity index (χ4n) is 0.760. The van der Waals surface area contributed by atoms with Crippen LogP contribution in [0.2, 0.25) is 5.15 Å². The first-order chi connectivity index (χ1) is 4.88. The minimum atomic E-state index is 0.485. The quantitative estimate of drug-likeness (QED) is 0.568. The number of hydrogen-bond donors (Lipinski definition) is 0. The molecule has 0 aliphatic carbocycles. The summed E-state index contributed by atoms with van der Waals surface area (Å²) in [5, 5.41) is 0.485. The van der Waals surface area contributed by atoms with Crippen molar-refractivity contribution in [3.63, 3.8) is 0 Å². The molecule has 0 bridgehead atoms. The molecule has 0 aliphatic heterocycles. The Balaban J connectivity index is 2.95. The molecule has 2 aromatic rings. The maximum absolute atomic E-state index is 5.73. The molecule has 2 aromatic heterocycles. The van der Waals surface area contributed by atoms with E-state index in [-0.39, 0.29) is 0 Å². The zero-order chi connectivity index (χ0) is 6.97. The molecule has 0 aliphatic rings. The molecule has 2 heterocycles. The average molecular weight is 171 g/mol. The lowest BCUT2D eigenvalue weighted by molar-refractivity contribution is 1.34. The Labute approximate surface area is 66.5 Å². The minimum absolute atomic E-state index is 0.485. The van der Waals surface area contributed by atoms with Gasteiger partial charge in [-0.25, -0.2) is 9.97 Å². The Hall–Kier alpha value is -0.670. The summed E-state index contributed by atoms with van der Waals surface area (Å²) < 4.78 is 1.08. The van der Waals surface area contributed by atoms with Crippen molar-refractivity contribution < 1.29 is 0 Å². The topological polar surface area (TPSA) is 25.8 Å². The highest BCUT2D eigenvalue weighted by molar-refractivity contribution is 7.16. The van der Waals surface area contributed by atoms with Crippen molar-refractivity contribution in [1.82, 2.24) is 9.97 Å². The molecular formula is C6H3ClN2S. The Morgan fingerprint density at radius 2 is 2.30 bits per heavy atom.